The van der Waals surface area contributed by atoms with Crippen molar-refractivity contribution < 1.29 is 39.5 Å². The summed E-state index contributed by atoms with van der Waals surface area (Å²) in [7, 11) is 0. The Bertz CT molecular complexity index is 1080. The van der Waals surface area contributed by atoms with Crippen molar-refractivity contribution in [3.05, 3.63) is 88.3 Å². The van der Waals surface area contributed by atoms with E-state index in [4.69, 9.17) is 0 Å². The molecule has 3 heterocycles. The average Bonchev–Trinajstić information content (AvgIpc) is 3.16. The van der Waals surface area contributed by atoms with Crippen molar-refractivity contribution in [2.24, 2.45) is 0 Å². The number of aromatic nitrogens is 2. The van der Waals surface area contributed by atoms with Crippen LogP contribution in [0.4, 0.5) is 45.2 Å². The van der Waals surface area contributed by atoms with Gasteiger partial charge in [-0.2, -0.15) is 27.5 Å². The van der Waals surface area contributed by atoms with Gasteiger partial charge in [0.2, 0.25) is 0 Å². The quantitative estimate of drug-likeness (QED) is 0.363. The molecule has 2 aromatic heterocycles. The van der Waals surface area contributed by atoms with Gasteiger partial charge < -0.3 is 4.90 Å². The number of benzene rings is 1. The second-order valence-electron chi connectivity index (χ2n) is 6.96. The second-order valence-corrected chi connectivity index (χ2v) is 6.96. The highest BCUT2D eigenvalue weighted by Gasteiger charge is 2.43. The Morgan fingerprint density at radius 2 is 0.906 bits per heavy atom. The minimum Gasteiger partial charge on any atom is -0.357 e. The fourth-order valence-electron chi connectivity index (χ4n) is 3.94. The molecule has 0 spiro atoms. The van der Waals surface area contributed by atoms with Crippen molar-refractivity contribution in [1.82, 2.24) is 9.97 Å². The molecule has 1 saturated heterocycles. The molecule has 1 aliphatic rings. The zero-order valence-electron chi connectivity index (χ0n) is 15.6. The van der Waals surface area contributed by atoms with Crippen LogP contribution < -0.4 is 4.90 Å². The summed E-state index contributed by atoms with van der Waals surface area (Å²) in [6.07, 6.45) is -0.688. The number of halogens is 9. The third-order valence-corrected chi connectivity index (χ3v) is 5.24. The van der Waals surface area contributed by atoms with Gasteiger partial charge in [-0.15, -0.1) is 0 Å². The number of pyridine rings is 2. The first kappa shape index (κ1) is 21.9. The van der Waals surface area contributed by atoms with Crippen molar-refractivity contribution in [3.8, 4) is 0 Å². The maximum Gasteiger partial charge on any atom is 0.252 e. The summed E-state index contributed by atoms with van der Waals surface area (Å²) in [5, 5.41) is 0. The fraction of sp³-hybridized carbons (Fsp3) is 0.200. The van der Waals surface area contributed by atoms with E-state index in [0.717, 1.165) is 29.2 Å². The molecule has 0 amide bonds. The van der Waals surface area contributed by atoms with E-state index in [9.17, 15) is 39.5 Å². The van der Waals surface area contributed by atoms with Gasteiger partial charge in [-0.3, -0.25) is 0 Å². The molecular weight excluding hydrogens is 453 g/mol. The average molecular weight is 463 g/mol. The van der Waals surface area contributed by atoms with Gasteiger partial charge in [-0.25, -0.2) is 22.0 Å². The van der Waals surface area contributed by atoms with Crippen LogP contribution in [0.15, 0.2) is 24.3 Å². The third-order valence-electron chi connectivity index (χ3n) is 5.24. The van der Waals surface area contributed by atoms with Crippen LogP contribution in [0.25, 0.3) is 0 Å². The van der Waals surface area contributed by atoms with E-state index < -0.39 is 76.1 Å². The van der Waals surface area contributed by atoms with Crippen LogP contribution in [-0.2, 0) is 0 Å². The summed E-state index contributed by atoms with van der Waals surface area (Å²) in [5.74, 6) is -16.0. The highest BCUT2D eigenvalue weighted by Crippen LogP contribution is 2.49. The van der Waals surface area contributed by atoms with Gasteiger partial charge in [-0.05, 0) is 37.1 Å². The minimum atomic E-state index is -1.96. The van der Waals surface area contributed by atoms with Crippen molar-refractivity contribution in [3.63, 3.8) is 0 Å². The number of hydrogen-bond acceptors (Lipinski definition) is 3. The second kappa shape index (κ2) is 7.99. The van der Waals surface area contributed by atoms with E-state index in [1.54, 1.807) is 0 Å². The topological polar surface area (TPSA) is 29.0 Å². The molecule has 0 radical (unpaired) electrons. The molecule has 3 nitrogen and oxygen atoms in total. The number of hydrogen-bond donors (Lipinski definition) is 0. The minimum absolute atomic E-state index is 0.0910. The lowest BCUT2D eigenvalue weighted by molar-refractivity contribution is 0.380. The summed E-state index contributed by atoms with van der Waals surface area (Å²) < 4.78 is 126. The Morgan fingerprint density at radius 3 is 1.25 bits per heavy atom. The zero-order valence-corrected chi connectivity index (χ0v) is 15.6. The Kier molecular flexibility index (Phi) is 5.47. The first-order chi connectivity index (χ1) is 15.1. The summed E-state index contributed by atoms with van der Waals surface area (Å²) in [6, 6.07) is 0.763. The van der Waals surface area contributed by atoms with Gasteiger partial charge in [0.1, 0.15) is 5.82 Å². The lowest BCUT2D eigenvalue weighted by Crippen LogP contribution is -2.30. The summed E-state index contributed by atoms with van der Waals surface area (Å²) >= 11 is 0. The summed E-state index contributed by atoms with van der Waals surface area (Å²) in [5.41, 5.74) is -2.37. The van der Waals surface area contributed by atoms with Gasteiger partial charge in [0.25, 0.3) is 23.8 Å². The van der Waals surface area contributed by atoms with Crippen LogP contribution in [-0.4, -0.2) is 9.97 Å². The molecule has 1 aliphatic heterocycles. The van der Waals surface area contributed by atoms with Crippen LogP contribution in [0.2, 0.25) is 0 Å². The maximum absolute atomic E-state index is 14.5. The largest absolute Gasteiger partial charge is 0.357 e. The van der Waals surface area contributed by atoms with E-state index in [2.05, 4.69) is 9.97 Å². The predicted octanol–water partition coefficient (Wildman–Crippen LogP) is 5.81. The van der Waals surface area contributed by atoms with Crippen molar-refractivity contribution >= 4 is 5.69 Å². The Labute approximate surface area is 174 Å². The Morgan fingerprint density at radius 1 is 0.562 bits per heavy atom. The van der Waals surface area contributed by atoms with Crippen molar-refractivity contribution in [2.75, 3.05) is 4.90 Å². The van der Waals surface area contributed by atoms with E-state index in [1.165, 1.54) is 0 Å². The Hall–Kier alpha value is -3.31. The van der Waals surface area contributed by atoms with Gasteiger partial charge in [0.15, 0.2) is 23.3 Å². The molecule has 168 valence electrons. The lowest BCUT2D eigenvalue weighted by Gasteiger charge is -2.33. The lowest BCUT2D eigenvalue weighted by atomic mass is 10.0. The molecule has 3 aromatic rings. The molecule has 1 aromatic carbocycles. The van der Waals surface area contributed by atoms with E-state index >= 15 is 0 Å². The van der Waals surface area contributed by atoms with E-state index in [0.29, 0.717) is 0 Å². The SMILES string of the molecule is Fc1ccc(N2[C@@H](c3c(F)c(F)nc(F)c3F)CC[C@@H]2c2c(F)c(F)nc(F)c2F)cc1. The van der Waals surface area contributed by atoms with Crippen molar-refractivity contribution in [2.45, 2.75) is 24.9 Å². The molecule has 4 rings (SSSR count). The van der Waals surface area contributed by atoms with Gasteiger partial charge >= 0.3 is 0 Å². The third kappa shape index (κ3) is 3.43. The number of anilines is 1. The highest BCUT2D eigenvalue weighted by atomic mass is 19.2. The van der Waals surface area contributed by atoms with Crippen LogP contribution in [0, 0.1) is 52.9 Å². The molecule has 0 N–H and O–H groups in total. The maximum atomic E-state index is 14.5. The van der Waals surface area contributed by atoms with Gasteiger partial charge in [-0.1, -0.05) is 0 Å². The number of rotatable bonds is 3. The van der Waals surface area contributed by atoms with Crippen LogP contribution >= 0.6 is 0 Å². The fourth-order valence-corrected chi connectivity index (χ4v) is 3.94. The molecule has 0 bridgehead atoms. The highest BCUT2D eigenvalue weighted by molar-refractivity contribution is 5.53. The molecule has 0 aliphatic carbocycles. The zero-order chi connectivity index (χ0) is 23.3. The first-order valence-corrected chi connectivity index (χ1v) is 9.05. The summed E-state index contributed by atoms with van der Waals surface area (Å²) in [6.45, 7) is 0. The molecule has 12 heteroatoms. The molecule has 2 atom stereocenters. The molecule has 1 fully saturated rings. The van der Waals surface area contributed by atoms with E-state index in [1.807, 2.05) is 0 Å². The Balaban J connectivity index is 1.95. The molecule has 0 unspecified atom stereocenters. The standard InChI is InChI=1S/C20H10F9N3/c21-7-1-3-8(4-2-7)32-9(11-13(22)17(26)30-18(27)14(11)23)5-6-10(32)12-15(24)19(28)31-20(29)16(12)25/h1-4,9-10H,5-6H2/t9-,10-/m1/s1. The van der Waals surface area contributed by atoms with E-state index in [-0.39, 0.29) is 18.5 Å². The molecular formula is C20H10F9N3. The predicted molar refractivity (Wildman–Crippen MR) is 91.7 cm³/mol. The van der Waals surface area contributed by atoms with Crippen LogP contribution in [0.3, 0.4) is 0 Å². The monoisotopic (exact) mass is 463 g/mol. The summed E-state index contributed by atoms with van der Waals surface area (Å²) in [4.78, 5) is 5.83. The first-order valence-electron chi connectivity index (χ1n) is 9.05. The number of nitrogens with zero attached hydrogens (tertiary/aromatic N) is 3. The van der Waals surface area contributed by atoms with Crippen LogP contribution in [0.1, 0.15) is 36.1 Å². The normalized spacial score (nSPS) is 18.5. The smallest absolute Gasteiger partial charge is 0.252 e. The van der Waals surface area contributed by atoms with Gasteiger partial charge in [0, 0.05) is 5.69 Å². The molecule has 0 saturated carbocycles. The van der Waals surface area contributed by atoms with Crippen LogP contribution in [0.5, 0.6) is 0 Å². The molecule has 32 heavy (non-hydrogen) atoms. The van der Waals surface area contributed by atoms with Gasteiger partial charge in [0.05, 0.1) is 23.2 Å². The van der Waals surface area contributed by atoms with Crippen molar-refractivity contribution in [1.29, 1.82) is 0 Å².